The number of nitrogens with zero attached hydrogens (tertiary/aromatic N) is 3. The molecule has 1 unspecified atom stereocenters. The minimum absolute atomic E-state index is 0.0548. The predicted molar refractivity (Wildman–Crippen MR) is 71.7 cm³/mol. The molecule has 0 radical (unpaired) electrons. The summed E-state index contributed by atoms with van der Waals surface area (Å²) < 4.78 is 5.37. The van der Waals surface area contributed by atoms with Gasteiger partial charge in [-0.1, -0.05) is 30.3 Å². The Morgan fingerprint density at radius 3 is 3.00 bits per heavy atom. The number of likely N-dealkylation sites (tertiary alicyclic amines) is 1. The Hall–Kier alpha value is -2.37. The minimum Gasteiger partial charge on any atom is -0.445 e. The fourth-order valence-electron chi connectivity index (χ4n) is 2.45. The van der Waals surface area contributed by atoms with Crippen molar-refractivity contribution in [2.75, 3.05) is 6.54 Å². The molecule has 1 N–H and O–H groups in total. The SMILES string of the molecule is O=C(OCc1ccccc1)N1CCCC1c1ncn[nH]1. The highest BCUT2D eigenvalue weighted by Crippen LogP contribution is 2.30. The number of nitrogens with one attached hydrogen (secondary N) is 1. The molecule has 3 rings (SSSR count). The third kappa shape index (κ3) is 2.64. The molecule has 0 spiro atoms. The van der Waals surface area contributed by atoms with Gasteiger partial charge in [-0.25, -0.2) is 9.78 Å². The molecule has 0 bridgehead atoms. The van der Waals surface area contributed by atoms with Crippen LogP contribution in [0.25, 0.3) is 0 Å². The molecule has 6 heteroatoms. The van der Waals surface area contributed by atoms with Gasteiger partial charge in [-0.3, -0.25) is 10.00 Å². The summed E-state index contributed by atoms with van der Waals surface area (Å²) in [5.41, 5.74) is 0.983. The van der Waals surface area contributed by atoms with Gasteiger partial charge in [0.15, 0.2) is 0 Å². The summed E-state index contributed by atoms with van der Waals surface area (Å²) >= 11 is 0. The molecule has 2 heterocycles. The molecule has 20 heavy (non-hydrogen) atoms. The van der Waals surface area contributed by atoms with E-state index in [9.17, 15) is 4.79 Å². The number of rotatable bonds is 3. The summed E-state index contributed by atoms with van der Waals surface area (Å²) in [5, 5.41) is 6.67. The summed E-state index contributed by atoms with van der Waals surface area (Å²) in [6.07, 6.45) is 3.00. The first-order valence-electron chi connectivity index (χ1n) is 6.67. The second-order valence-electron chi connectivity index (χ2n) is 4.76. The summed E-state index contributed by atoms with van der Waals surface area (Å²) in [6, 6.07) is 9.61. The molecule has 2 aromatic rings. The minimum atomic E-state index is -0.298. The van der Waals surface area contributed by atoms with Gasteiger partial charge >= 0.3 is 6.09 Å². The Morgan fingerprint density at radius 2 is 2.25 bits per heavy atom. The quantitative estimate of drug-likeness (QED) is 0.930. The number of hydrogen-bond acceptors (Lipinski definition) is 4. The van der Waals surface area contributed by atoms with E-state index in [-0.39, 0.29) is 12.1 Å². The van der Waals surface area contributed by atoms with Crippen molar-refractivity contribution in [3.63, 3.8) is 0 Å². The average molecular weight is 272 g/mol. The predicted octanol–water partition coefficient (Wildman–Crippen LogP) is 2.28. The van der Waals surface area contributed by atoms with Gasteiger partial charge in [-0.15, -0.1) is 0 Å². The first-order valence-corrected chi connectivity index (χ1v) is 6.67. The van der Waals surface area contributed by atoms with Crippen LogP contribution in [0, 0.1) is 0 Å². The number of ether oxygens (including phenoxy) is 1. The molecule has 1 aliphatic rings. The van der Waals surface area contributed by atoms with Crippen LogP contribution in [0.3, 0.4) is 0 Å². The van der Waals surface area contributed by atoms with Gasteiger partial charge in [0.2, 0.25) is 0 Å². The number of H-pyrrole nitrogens is 1. The Morgan fingerprint density at radius 1 is 1.40 bits per heavy atom. The van der Waals surface area contributed by atoms with Crippen molar-refractivity contribution in [2.45, 2.75) is 25.5 Å². The van der Waals surface area contributed by atoms with Crippen LogP contribution in [0.15, 0.2) is 36.7 Å². The van der Waals surface area contributed by atoms with Crippen LogP contribution in [0.4, 0.5) is 4.79 Å². The lowest BCUT2D eigenvalue weighted by Crippen LogP contribution is -2.31. The number of amides is 1. The van der Waals surface area contributed by atoms with E-state index in [1.807, 2.05) is 30.3 Å². The molecule has 104 valence electrons. The second kappa shape index (κ2) is 5.73. The second-order valence-corrected chi connectivity index (χ2v) is 4.76. The van der Waals surface area contributed by atoms with Gasteiger partial charge in [-0.05, 0) is 18.4 Å². The summed E-state index contributed by atoms with van der Waals surface area (Å²) in [4.78, 5) is 18.0. The van der Waals surface area contributed by atoms with Crippen LogP contribution in [-0.4, -0.2) is 32.7 Å². The van der Waals surface area contributed by atoms with Crippen molar-refractivity contribution in [1.29, 1.82) is 0 Å². The Labute approximate surface area is 116 Å². The maximum Gasteiger partial charge on any atom is 0.410 e. The topological polar surface area (TPSA) is 71.1 Å². The fraction of sp³-hybridized carbons (Fsp3) is 0.357. The van der Waals surface area contributed by atoms with Gasteiger partial charge in [0.1, 0.15) is 18.8 Å². The van der Waals surface area contributed by atoms with Crippen LogP contribution >= 0.6 is 0 Å². The highest BCUT2D eigenvalue weighted by atomic mass is 16.6. The number of benzene rings is 1. The van der Waals surface area contributed by atoms with E-state index in [1.54, 1.807) is 4.90 Å². The molecule has 6 nitrogen and oxygen atoms in total. The first kappa shape index (κ1) is 12.7. The fourth-order valence-corrected chi connectivity index (χ4v) is 2.45. The van der Waals surface area contributed by atoms with E-state index in [0.717, 1.165) is 24.2 Å². The van der Waals surface area contributed by atoms with Crippen molar-refractivity contribution in [3.05, 3.63) is 48.0 Å². The average Bonchev–Trinajstić information content (AvgIpc) is 3.15. The molecule has 1 aromatic carbocycles. The zero-order valence-electron chi connectivity index (χ0n) is 11.0. The molecule has 1 saturated heterocycles. The molecular weight excluding hydrogens is 256 g/mol. The molecule has 0 saturated carbocycles. The highest BCUT2D eigenvalue weighted by Gasteiger charge is 2.32. The smallest absolute Gasteiger partial charge is 0.410 e. The largest absolute Gasteiger partial charge is 0.445 e. The maximum atomic E-state index is 12.2. The molecule has 1 amide bonds. The third-order valence-corrected chi connectivity index (χ3v) is 3.44. The van der Waals surface area contributed by atoms with E-state index in [2.05, 4.69) is 15.2 Å². The van der Waals surface area contributed by atoms with Gasteiger partial charge in [-0.2, -0.15) is 5.10 Å². The number of carbonyl (C=O) groups is 1. The van der Waals surface area contributed by atoms with Crippen molar-refractivity contribution in [3.8, 4) is 0 Å². The van der Waals surface area contributed by atoms with E-state index in [0.29, 0.717) is 13.2 Å². The van der Waals surface area contributed by atoms with Gasteiger partial charge in [0.05, 0.1) is 6.04 Å². The normalized spacial score (nSPS) is 18.2. The van der Waals surface area contributed by atoms with Gasteiger partial charge in [0, 0.05) is 6.54 Å². The first-order chi connectivity index (χ1) is 9.84. The summed E-state index contributed by atoms with van der Waals surface area (Å²) in [6.45, 7) is 0.984. The maximum absolute atomic E-state index is 12.2. The Balaban J connectivity index is 1.62. The Bertz CT molecular complexity index is 556. The lowest BCUT2D eigenvalue weighted by atomic mass is 10.2. The number of aromatic nitrogens is 3. The molecule has 1 fully saturated rings. The number of aromatic amines is 1. The zero-order chi connectivity index (χ0) is 13.8. The third-order valence-electron chi connectivity index (χ3n) is 3.44. The van der Waals surface area contributed by atoms with Crippen molar-refractivity contribution >= 4 is 6.09 Å². The number of hydrogen-bond donors (Lipinski definition) is 1. The molecule has 1 aromatic heterocycles. The van der Waals surface area contributed by atoms with Crippen molar-refractivity contribution in [1.82, 2.24) is 20.1 Å². The van der Waals surface area contributed by atoms with Crippen LogP contribution in [0.2, 0.25) is 0 Å². The van der Waals surface area contributed by atoms with E-state index in [4.69, 9.17) is 4.74 Å². The van der Waals surface area contributed by atoms with Crippen LogP contribution in [0.1, 0.15) is 30.3 Å². The monoisotopic (exact) mass is 272 g/mol. The standard InChI is InChI=1S/C14H16N4O2/c19-14(20-9-11-5-2-1-3-6-11)18-8-4-7-12(18)13-15-10-16-17-13/h1-3,5-6,10,12H,4,7-9H2,(H,15,16,17). The van der Waals surface area contributed by atoms with Crippen LogP contribution < -0.4 is 0 Å². The lowest BCUT2D eigenvalue weighted by molar-refractivity contribution is 0.0909. The zero-order valence-corrected chi connectivity index (χ0v) is 11.0. The van der Waals surface area contributed by atoms with Gasteiger partial charge < -0.3 is 4.74 Å². The molecule has 1 atom stereocenters. The van der Waals surface area contributed by atoms with E-state index in [1.165, 1.54) is 6.33 Å². The highest BCUT2D eigenvalue weighted by molar-refractivity contribution is 5.68. The van der Waals surface area contributed by atoms with Crippen molar-refractivity contribution < 1.29 is 9.53 Å². The van der Waals surface area contributed by atoms with Crippen LogP contribution in [-0.2, 0) is 11.3 Å². The molecular formula is C14H16N4O2. The van der Waals surface area contributed by atoms with Gasteiger partial charge in [0.25, 0.3) is 0 Å². The number of carbonyl (C=O) groups excluding carboxylic acids is 1. The summed E-state index contributed by atoms with van der Waals surface area (Å²) in [5.74, 6) is 0.721. The van der Waals surface area contributed by atoms with E-state index >= 15 is 0 Å². The lowest BCUT2D eigenvalue weighted by Gasteiger charge is -2.22. The molecule has 0 aliphatic carbocycles. The molecule has 1 aliphatic heterocycles. The summed E-state index contributed by atoms with van der Waals surface area (Å²) in [7, 11) is 0. The Kier molecular flexibility index (Phi) is 3.62. The van der Waals surface area contributed by atoms with Crippen LogP contribution in [0.5, 0.6) is 0 Å². The van der Waals surface area contributed by atoms with Crippen molar-refractivity contribution in [2.24, 2.45) is 0 Å². The van der Waals surface area contributed by atoms with E-state index < -0.39 is 0 Å².